The van der Waals surface area contributed by atoms with Gasteiger partial charge in [-0.1, -0.05) is 23.2 Å². The number of methoxy groups -OCH3 is 1. The Balaban J connectivity index is 1.74. The van der Waals surface area contributed by atoms with E-state index >= 15 is 0 Å². The number of alkyl halides is 3. The Morgan fingerprint density at radius 3 is 2.61 bits per heavy atom. The summed E-state index contributed by atoms with van der Waals surface area (Å²) < 4.78 is 49.2. The number of nitrogens with zero attached hydrogens (tertiary/aromatic N) is 5. The van der Waals surface area contributed by atoms with E-state index in [1.165, 1.54) is 48.3 Å². The van der Waals surface area contributed by atoms with E-state index in [9.17, 15) is 18.0 Å². The maximum Gasteiger partial charge on any atom is 0.434 e. The number of carbonyl (C=O) groups is 1. The molecular formula is C20H15Cl2F3N6O2. The second-order valence-corrected chi connectivity index (χ2v) is 7.70. The minimum atomic E-state index is -4.90. The molecule has 0 spiro atoms. The van der Waals surface area contributed by atoms with Crippen LogP contribution in [0.15, 0.2) is 42.9 Å². The molecule has 0 fully saturated rings. The van der Waals surface area contributed by atoms with Crippen LogP contribution in [0.4, 0.5) is 18.9 Å². The number of nitrogens with one attached hydrogen (secondary N) is 1. The maximum absolute atomic E-state index is 14.0. The molecule has 0 aromatic carbocycles. The minimum absolute atomic E-state index is 0.0471. The number of pyridine rings is 2. The normalized spacial score (nSPS) is 12.8. The highest BCUT2D eigenvalue weighted by atomic mass is 35.5. The van der Waals surface area contributed by atoms with Gasteiger partial charge in [-0.15, -0.1) is 0 Å². The zero-order chi connectivity index (χ0) is 23.9. The van der Waals surface area contributed by atoms with E-state index in [0.717, 1.165) is 6.20 Å². The molecule has 4 rings (SSSR count). The lowest BCUT2D eigenvalue weighted by Gasteiger charge is -2.14. The van der Waals surface area contributed by atoms with Gasteiger partial charge in [0.2, 0.25) is 0 Å². The van der Waals surface area contributed by atoms with E-state index in [0.29, 0.717) is 10.4 Å². The van der Waals surface area contributed by atoms with Crippen molar-refractivity contribution in [2.75, 3.05) is 12.4 Å². The molecule has 33 heavy (non-hydrogen) atoms. The van der Waals surface area contributed by atoms with Crippen molar-refractivity contribution < 1.29 is 22.7 Å². The van der Waals surface area contributed by atoms with Gasteiger partial charge in [-0.3, -0.25) is 9.78 Å². The maximum atomic E-state index is 14.0. The van der Waals surface area contributed by atoms with Gasteiger partial charge < -0.3 is 10.1 Å². The van der Waals surface area contributed by atoms with Crippen molar-refractivity contribution in [3.63, 3.8) is 0 Å². The van der Waals surface area contributed by atoms with Crippen LogP contribution in [0.3, 0.4) is 0 Å². The Hall–Kier alpha value is -3.15. The molecule has 0 radical (unpaired) electrons. The van der Waals surface area contributed by atoms with Gasteiger partial charge in [0.25, 0.3) is 5.91 Å². The first-order valence-corrected chi connectivity index (χ1v) is 10.1. The van der Waals surface area contributed by atoms with Crippen LogP contribution in [0, 0.1) is 0 Å². The molecule has 0 aliphatic carbocycles. The van der Waals surface area contributed by atoms with Crippen LogP contribution in [-0.2, 0) is 10.9 Å². The van der Waals surface area contributed by atoms with E-state index in [2.05, 4.69) is 20.5 Å². The van der Waals surface area contributed by atoms with Crippen molar-refractivity contribution in [2.24, 2.45) is 0 Å². The summed E-state index contributed by atoms with van der Waals surface area (Å²) in [6.45, 7) is 1.73. The van der Waals surface area contributed by atoms with Crippen molar-refractivity contribution in [3.05, 3.63) is 70.0 Å². The van der Waals surface area contributed by atoms with Gasteiger partial charge in [0.05, 0.1) is 57.9 Å². The predicted octanol–water partition coefficient (Wildman–Crippen LogP) is 5.20. The lowest BCUT2D eigenvalue weighted by Crippen LogP contribution is -2.21. The van der Waals surface area contributed by atoms with Gasteiger partial charge in [0, 0.05) is 7.11 Å². The molecule has 0 bridgehead atoms. The molecule has 0 saturated carbocycles. The van der Waals surface area contributed by atoms with Gasteiger partial charge in [0.15, 0.2) is 5.69 Å². The Kier molecular flexibility index (Phi) is 6.04. The number of halogens is 5. The number of rotatable bonds is 5. The molecule has 13 heteroatoms. The molecule has 172 valence electrons. The Labute approximate surface area is 194 Å². The van der Waals surface area contributed by atoms with Gasteiger partial charge in [-0.05, 0) is 31.2 Å². The van der Waals surface area contributed by atoms with Crippen LogP contribution in [0.2, 0.25) is 10.2 Å². The number of anilines is 1. The molecule has 1 atom stereocenters. The smallest absolute Gasteiger partial charge is 0.375 e. The number of fused-ring (bicyclic) bond motifs is 1. The first-order chi connectivity index (χ1) is 15.6. The summed E-state index contributed by atoms with van der Waals surface area (Å²) in [5.74, 6) is -1.03. The van der Waals surface area contributed by atoms with E-state index in [1.54, 1.807) is 6.92 Å². The second-order valence-electron chi connectivity index (χ2n) is 6.91. The van der Waals surface area contributed by atoms with E-state index in [-0.39, 0.29) is 27.1 Å². The topological polar surface area (TPSA) is 86.3 Å². The highest BCUT2D eigenvalue weighted by molar-refractivity contribution is 6.31. The summed E-state index contributed by atoms with van der Waals surface area (Å²) in [4.78, 5) is 16.9. The molecule has 8 nitrogen and oxygen atoms in total. The number of amides is 1. The Morgan fingerprint density at radius 1 is 1.18 bits per heavy atom. The molecule has 4 aromatic heterocycles. The fourth-order valence-corrected chi connectivity index (χ4v) is 3.76. The first-order valence-electron chi connectivity index (χ1n) is 9.39. The van der Waals surface area contributed by atoms with E-state index in [1.807, 2.05) is 0 Å². The molecule has 1 unspecified atom stereocenters. The van der Waals surface area contributed by atoms with Crippen molar-refractivity contribution in [3.8, 4) is 5.69 Å². The molecular weight excluding hydrogens is 484 g/mol. The molecule has 0 aliphatic rings. The molecule has 4 aromatic rings. The Bertz CT molecular complexity index is 1350. The Morgan fingerprint density at radius 2 is 1.94 bits per heavy atom. The SMILES string of the molecule is COC(C)c1ncc(NC(=O)c2cnn(-c3ccc(Cl)n4nccc34)c2C(F)(F)F)cc1Cl. The van der Waals surface area contributed by atoms with Crippen LogP contribution in [0.5, 0.6) is 0 Å². The second kappa shape index (κ2) is 8.65. The van der Waals surface area contributed by atoms with Crippen molar-refractivity contribution in [1.82, 2.24) is 24.4 Å². The molecule has 4 heterocycles. The van der Waals surface area contributed by atoms with Crippen molar-refractivity contribution >= 4 is 40.3 Å². The lowest BCUT2D eigenvalue weighted by molar-refractivity contribution is -0.143. The number of carbonyl (C=O) groups excluding carboxylic acids is 1. The van der Waals surface area contributed by atoms with E-state index in [4.69, 9.17) is 27.9 Å². The third-order valence-corrected chi connectivity index (χ3v) is 5.45. The van der Waals surface area contributed by atoms with Crippen LogP contribution < -0.4 is 5.32 Å². The van der Waals surface area contributed by atoms with Gasteiger partial charge in [0.1, 0.15) is 5.15 Å². The van der Waals surface area contributed by atoms with Crippen LogP contribution in [-0.4, -0.2) is 37.4 Å². The third kappa shape index (κ3) is 4.26. The zero-order valence-electron chi connectivity index (χ0n) is 17.1. The zero-order valence-corrected chi connectivity index (χ0v) is 18.6. The average molecular weight is 499 g/mol. The van der Waals surface area contributed by atoms with Crippen molar-refractivity contribution in [2.45, 2.75) is 19.2 Å². The third-order valence-electron chi connectivity index (χ3n) is 4.86. The van der Waals surface area contributed by atoms with Crippen LogP contribution in [0.25, 0.3) is 11.2 Å². The highest BCUT2D eigenvalue weighted by Crippen LogP contribution is 2.35. The first kappa shape index (κ1) is 23.0. The fourth-order valence-electron chi connectivity index (χ4n) is 3.25. The molecule has 1 amide bonds. The highest BCUT2D eigenvalue weighted by Gasteiger charge is 2.41. The van der Waals surface area contributed by atoms with Gasteiger partial charge >= 0.3 is 6.18 Å². The quantitative estimate of drug-likeness (QED) is 0.382. The summed E-state index contributed by atoms with van der Waals surface area (Å²) in [6, 6.07) is 5.61. The average Bonchev–Trinajstić information content (AvgIpc) is 3.41. The number of hydrogen-bond acceptors (Lipinski definition) is 5. The van der Waals surface area contributed by atoms with Gasteiger partial charge in [-0.2, -0.15) is 23.4 Å². The monoisotopic (exact) mass is 498 g/mol. The number of ether oxygens (including phenoxy) is 1. The van der Waals surface area contributed by atoms with Crippen molar-refractivity contribution in [1.29, 1.82) is 0 Å². The molecule has 0 saturated heterocycles. The summed E-state index contributed by atoms with van der Waals surface area (Å²) >= 11 is 12.2. The number of hydrogen-bond donors (Lipinski definition) is 1. The fraction of sp³-hybridized carbons (Fsp3) is 0.200. The van der Waals surface area contributed by atoms with E-state index < -0.39 is 29.4 Å². The summed E-state index contributed by atoms with van der Waals surface area (Å²) in [5.41, 5.74) is -1.07. The summed E-state index contributed by atoms with van der Waals surface area (Å²) in [6.07, 6.45) is -1.79. The van der Waals surface area contributed by atoms with Crippen LogP contribution in [0.1, 0.15) is 34.8 Å². The summed E-state index contributed by atoms with van der Waals surface area (Å²) in [7, 11) is 1.48. The molecule has 0 aliphatic heterocycles. The summed E-state index contributed by atoms with van der Waals surface area (Å²) in [5, 5.41) is 10.6. The molecule has 1 N–H and O–H groups in total. The lowest BCUT2D eigenvalue weighted by atomic mass is 10.2. The largest absolute Gasteiger partial charge is 0.434 e. The minimum Gasteiger partial charge on any atom is -0.375 e. The predicted molar refractivity (Wildman–Crippen MR) is 115 cm³/mol. The standard InChI is InChI=1S/C20H15Cl2F3N6O2/c1-10(33-2)17-13(21)7-11(8-26-17)29-19(32)12-9-28-31(18(12)20(23,24)25)14-3-4-16(22)30-15(14)5-6-27-30/h3-10H,1-2H3,(H,29,32). The van der Waals surface area contributed by atoms with Crippen LogP contribution >= 0.6 is 23.2 Å². The van der Waals surface area contributed by atoms with Gasteiger partial charge in [-0.25, -0.2) is 9.20 Å². The number of aromatic nitrogens is 5.